The van der Waals surface area contributed by atoms with Crippen LogP contribution in [0.25, 0.3) is 0 Å². The Morgan fingerprint density at radius 3 is 2.47 bits per heavy atom. The van der Waals surface area contributed by atoms with Gasteiger partial charge in [-0.05, 0) is 37.8 Å². The minimum atomic E-state index is -0.979. The lowest BCUT2D eigenvalue weighted by Gasteiger charge is -2.60. The van der Waals surface area contributed by atoms with E-state index in [1.54, 1.807) is 0 Å². The van der Waals surface area contributed by atoms with Gasteiger partial charge < -0.3 is 18.9 Å². The number of ketones is 1. The maximum absolute atomic E-state index is 13.8. The molecule has 8 atom stereocenters. The van der Waals surface area contributed by atoms with Crippen LogP contribution >= 0.6 is 0 Å². The van der Waals surface area contributed by atoms with E-state index < -0.39 is 46.8 Å². The lowest BCUT2D eigenvalue weighted by atomic mass is 9.44. The summed E-state index contributed by atoms with van der Waals surface area (Å²) < 4.78 is 23.0. The fourth-order valence-corrected chi connectivity index (χ4v) is 8.19. The molecule has 0 aromatic rings. The van der Waals surface area contributed by atoms with E-state index in [9.17, 15) is 19.2 Å². The summed E-state index contributed by atoms with van der Waals surface area (Å²) in [5, 5.41) is 0. The first-order valence-electron chi connectivity index (χ1n) is 12.6. The average Bonchev–Trinajstić information content (AvgIpc) is 3.47. The number of esters is 3. The molecule has 0 bridgehead atoms. The predicted molar refractivity (Wildman–Crippen MR) is 127 cm³/mol. The highest BCUT2D eigenvalue weighted by Gasteiger charge is 2.72. The zero-order valence-electron chi connectivity index (χ0n) is 21.7. The maximum Gasteiger partial charge on any atom is 0.334 e. The van der Waals surface area contributed by atoms with Gasteiger partial charge >= 0.3 is 17.9 Å². The average molecular weight is 499 g/mol. The van der Waals surface area contributed by atoms with Crippen molar-refractivity contribution in [2.75, 3.05) is 13.7 Å². The number of rotatable bonds is 4. The Morgan fingerprint density at radius 2 is 1.86 bits per heavy atom. The standard InChI is InChI=1S/C28H34O8/c1-13-7-8-20(30)27(4)19(12-21(31)33-6)28(5)23-14(2)17(16-9-10-34-26(16)32)11-18(23)36-25(28)24(22(13)27)35-15(3)29/h7,9,17-19,22,24-25H,8,10-12H2,1-6H3. The minimum absolute atomic E-state index is 0.0159. The normalized spacial score (nSPS) is 41.2. The van der Waals surface area contributed by atoms with Gasteiger partial charge in [0.25, 0.3) is 0 Å². The van der Waals surface area contributed by atoms with E-state index >= 15 is 0 Å². The van der Waals surface area contributed by atoms with E-state index in [-0.39, 0.29) is 43.2 Å². The third-order valence-electron chi connectivity index (χ3n) is 9.65. The van der Waals surface area contributed by atoms with Crippen molar-refractivity contribution < 1.29 is 38.1 Å². The highest BCUT2D eigenvalue weighted by molar-refractivity contribution is 5.92. The zero-order valence-corrected chi connectivity index (χ0v) is 21.7. The van der Waals surface area contributed by atoms with Gasteiger partial charge in [-0.3, -0.25) is 14.4 Å². The molecule has 0 aromatic heterocycles. The van der Waals surface area contributed by atoms with Gasteiger partial charge in [-0.1, -0.05) is 31.1 Å². The number of carbonyl (C=O) groups excluding carboxylic acids is 4. The highest BCUT2D eigenvalue weighted by Crippen LogP contribution is 2.68. The predicted octanol–water partition coefficient (Wildman–Crippen LogP) is 3.25. The van der Waals surface area contributed by atoms with Crippen LogP contribution in [0.2, 0.25) is 0 Å². The van der Waals surface area contributed by atoms with E-state index in [1.165, 1.54) is 14.0 Å². The van der Waals surface area contributed by atoms with Crippen LogP contribution in [-0.2, 0) is 38.1 Å². The number of carbonyl (C=O) groups is 4. The van der Waals surface area contributed by atoms with Gasteiger partial charge in [0.1, 0.15) is 24.6 Å². The molecular formula is C28H34O8. The number of Topliss-reactive ketones (excluding diaryl/α,β-unsaturated/α-hetero) is 1. The Labute approximate surface area is 211 Å². The second-order valence-electron chi connectivity index (χ2n) is 11.2. The van der Waals surface area contributed by atoms with Gasteiger partial charge in [0, 0.05) is 41.6 Å². The van der Waals surface area contributed by atoms with Crippen LogP contribution < -0.4 is 0 Å². The van der Waals surface area contributed by atoms with E-state index in [0.717, 1.165) is 16.7 Å². The smallest absolute Gasteiger partial charge is 0.334 e. The molecule has 0 amide bonds. The maximum atomic E-state index is 13.8. The first kappa shape index (κ1) is 24.9. The molecular weight excluding hydrogens is 464 g/mol. The number of hydrogen-bond acceptors (Lipinski definition) is 8. The summed E-state index contributed by atoms with van der Waals surface area (Å²) in [6, 6.07) is 0. The number of ether oxygens (including phenoxy) is 4. The van der Waals surface area contributed by atoms with Gasteiger partial charge in [0.2, 0.25) is 0 Å². The van der Waals surface area contributed by atoms with Crippen molar-refractivity contribution in [1.82, 2.24) is 0 Å². The molecule has 1 saturated carbocycles. The molecule has 1 saturated heterocycles. The molecule has 2 fully saturated rings. The molecule has 2 aliphatic heterocycles. The molecule has 8 heteroatoms. The first-order chi connectivity index (χ1) is 17.0. The molecule has 194 valence electrons. The van der Waals surface area contributed by atoms with Crippen molar-refractivity contribution in [2.24, 2.45) is 28.6 Å². The molecule has 0 aromatic carbocycles. The minimum Gasteiger partial charge on any atom is -0.469 e. The van der Waals surface area contributed by atoms with E-state index in [0.29, 0.717) is 12.0 Å². The zero-order chi connectivity index (χ0) is 26.2. The topological polar surface area (TPSA) is 105 Å². The summed E-state index contributed by atoms with van der Waals surface area (Å²) in [5.41, 5.74) is 1.83. The van der Waals surface area contributed by atoms with Gasteiger partial charge in [0.05, 0.1) is 19.6 Å². The van der Waals surface area contributed by atoms with Crippen molar-refractivity contribution >= 4 is 23.7 Å². The Balaban J connectivity index is 1.72. The molecule has 36 heavy (non-hydrogen) atoms. The molecule has 2 heterocycles. The molecule has 0 N–H and O–H groups in total. The van der Waals surface area contributed by atoms with Crippen LogP contribution in [0.3, 0.4) is 0 Å². The van der Waals surface area contributed by atoms with Crippen molar-refractivity contribution in [3.8, 4) is 0 Å². The Hall–Kier alpha value is -2.74. The summed E-state index contributed by atoms with van der Waals surface area (Å²) in [6.45, 7) is 9.53. The monoisotopic (exact) mass is 498 g/mol. The van der Waals surface area contributed by atoms with E-state index in [2.05, 4.69) is 0 Å². The molecule has 5 rings (SSSR count). The quantitative estimate of drug-likeness (QED) is 0.331. The Kier molecular flexibility index (Phi) is 5.82. The second kappa shape index (κ2) is 8.40. The van der Waals surface area contributed by atoms with Crippen LogP contribution in [0.15, 0.2) is 34.4 Å². The Bertz CT molecular complexity index is 1140. The molecule has 3 aliphatic carbocycles. The number of hydrogen-bond donors (Lipinski definition) is 0. The fourth-order valence-electron chi connectivity index (χ4n) is 8.19. The second-order valence-corrected chi connectivity index (χ2v) is 11.2. The number of allylic oxidation sites excluding steroid dienone is 2. The van der Waals surface area contributed by atoms with Gasteiger partial charge in [0.15, 0.2) is 0 Å². The van der Waals surface area contributed by atoms with Crippen LogP contribution in [0.5, 0.6) is 0 Å². The van der Waals surface area contributed by atoms with Gasteiger partial charge in [-0.2, -0.15) is 0 Å². The molecule has 0 radical (unpaired) electrons. The van der Waals surface area contributed by atoms with Crippen molar-refractivity contribution in [3.05, 3.63) is 34.4 Å². The summed E-state index contributed by atoms with van der Waals surface area (Å²) in [6.07, 6.45) is 3.02. The van der Waals surface area contributed by atoms with E-state index in [4.69, 9.17) is 18.9 Å². The van der Waals surface area contributed by atoms with Crippen LogP contribution in [0, 0.1) is 28.6 Å². The molecule has 5 aliphatic rings. The fraction of sp³-hybridized carbons (Fsp3) is 0.643. The highest BCUT2D eigenvalue weighted by atomic mass is 16.6. The number of cyclic esters (lactones) is 1. The SMILES string of the molecule is COC(=O)CC1C2(C)C3=C(C)C(C4=CCOC4=O)CC3OC2C(OC(C)=O)C2C(C)=CCC(=O)C21C. The lowest BCUT2D eigenvalue weighted by Crippen LogP contribution is -2.66. The third-order valence-corrected chi connectivity index (χ3v) is 9.65. The van der Waals surface area contributed by atoms with Crippen LogP contribution in [0.4, 0.5) is 0 Å². The molecule has 8 nitrogen and oxygen atoms in total. The number of methoxy groups -OCH3 is 1. The Morgan fingerprint density at radius 1 is 1.14 bits per heavy atom. The molecule has 0 spiro atoms. The van der Waals surface area contributed by atoms with Crippen molar-refractivity contribution in [1.29, 1.82) is 0 Å². The van der Waals surface area contributed by atoms with Gasteiger partial charge in [-0.15, -0.1) is 0 Å². The first-order valence-corrected chi connectivity index (χ1v) is 12.6. The summed E-state index contributed by atoms with van der Waals surface area (Å²) >= 11 is 0. The van der Waals surface area contributed by atoms with Crippen LogP contribution in [0.1, 0.15) is 53.9 Å². The summed E-state index contributed by atoms with van der Waals surface area (Å²) in [4.78, 5) is 51.3. The lowest BCUT2D eigenvalue weighted by molar-refractivity contribution is -0.205. The summed E-state index contributed by atoms with van der Waals surface area (Å²) in [5.74, 6) is -2.16. The van der Waals surface area contributed by atoms with E-state index in [1.807, 2.05) is 39.8 Å². The molecule has 8 unspecified atom stereocenters. The van der Waals surface area contributed by atoms with Crippen molar-refractivity contribution in [2.45, 2.75) is 72.2 Å². The third kappa shape index (κ3) is 3.22. The summed E-state index contributed by atoms with van der Waals surface area (Å²) in [7, 11) is 1.35. The van der Waals surface area contributed by atoms with Crippen molar-refractivity contribution in [3.63, 3.8) is 0 Å². The van der Waals surface area contributed by atoms with Gasteiger partial charge in [-0.25, -0.2) is 4.79 Å². The van der Waals surface area contributed by atoms with Crippen LogP contribution in [-0.4, -0.2) is 55.7 Å². The number of fused-ring (bicyclic) bond motifs is 4. The largest absolute Gasteiger partial charge is 0.469 e.